The van der Waals surface area contributed by atoms with Crippen molar-refractivity contribution in [2.45, 2.75) is 84.2 Å². The fourth-order valence-corrected chi connectivity index (χ4v) is 2.59. The van der Waals surface area contributed by atoms with Crippen LogP contribution in [0.15, 0.2) is 0 Å². The molecule has 1 heterocycles. The van der Waals surface area contributed by atoms with Gasteiger partial charge < -0.3 is 23.7 Å². The molecule has 0 radical (unpaired) electrons. The normalized spacial score (nSPS) is 22.2. The first-order valence-electron chi connectivity index (χ1n) is 9.62. The third-order valence-corrected chi connectivity index (χ3v) is 3.93. The molecule has 29 heavy (non-hydrogen) atoms. The summed E-state index contributed by atoms with van der Waals surface area (Å²) in [4.78, 5) is 59.3. The van der Waals surface area contributed by atoms with Crippen LogP contribution in [0.5, 0.6) is 0 Å². The topological polar surface area (TPSA) is 132 Å². The van der Waals surface area contributed by atoms with Gasteiger partial charge in [0.2, 0.25) is 0 Å². The molecule has 10 heteroatoms. The average molecular weight is 416 g/mol. The largest absolute Gasteiger partial charge is 0.457 e. The number of rotatable bonds is 9. The Kier molecular flexibility index (Phi) is 10.1. The van der Waals surface area contributed by atoms with Crippen LogP contribution in [-0.2, 0) is 47.7 Å². The molecule has 0 aromatic carbocycles. The molecule has 0 amide bonds. The number of carbonyl (C=O) groups excluding carboxylic acids is 5. The van der Waals surface area contributed by atoms with E-state index in [4.69, 9.17) is 23.7 Å². The van der Waals surface area contributed by atoms with Crippen LogP contribution in [0, 0.1) is 0 Å². The van der Waals surface area contributed by atoms with Gasteiger partial charge in [-0.1, -0.05) is 32.6 Å². The van der Waals surface area contributed by atoms with Crippen LogP contribution in [0.2, 0.25) is 0 Å². The molecule has 0 aromatic rings. The van der Waals surface area contributed by atoms with Crippen LogP contribution in [0.3, 0.4) is 0 Å². The highest BCUT2D eigenvalue weighted by Gasteiger charge is 2.53. The molecule has 1 aliphatic rings. The molecule has 1 saturated heterocycles. The van der Waals surface area contributed by atoms with Gasteiger partial charge in [0.25, 0.3) is 0 Å². The van der Waals surface area contributed by atoms with E-state index in [1.165, 1.54) is 0 Å². The summed E-state index contributed by atoms with van der Waals surface area (Å²) in [6.45, 7) is 3.31. The number of esters is 5. The zero-order valence-corrected chi connectivity index (χ0v) is 17.0. The van der Waals surface area contributed by atoms with Gasteiger partial charge in [0, 0.05) is 20.3 Å². The highest BCUT2D eigenvalue weighted by molar-refractivity contribution is 5.78. The van der Waals surface area contributed by atoms with Gasteiger partial charge in [-0.2, -0.15) is 0 Å². The molecule has 0 saturated carbocycles. The maximum Gasteiger partial charge on any atom is 0.366 e. The lowest BCUT2D eigenvalue weighted by atomic mass is 10.1. The Morgan fingerprint density at radius 2 is 1.62 bits per heavy atom. The highest BCUT2D eigenvalue weighted by atomic mass is 16.8. The van der Waals surface area contributed by atoms with E-state index >= 15 is 0 Å². The predicted octanol–water partition coefficient (Wildman–Crippen LogP) is 1.92. The predicted molar refractivity (Wildman–Crippen MR) is 95.8 cm³/mol. The average Bonchev–Trinajstić information content (AvgIpc) is 2.66. The minimum Gasteiger partial charge on any atom is -0.457 e. The van der Waals surface area contributed by atoms with Crippen molar-refractivity contribution in [1.29, 1.82) is 0 Å². The Morgan fingerprint density at radius 1 is 0.966 bits per heavy atom. The Hall–Kier alpha value is -2.65. The van der Waals surface area contributed by atoms with E-state index in [1.807, 2.05) is 0 Å². The molecule has 2 unspecified atom stereocenters. The van der Waals surface area contributed by atoms with E-state index < -0.39 is 48.5 Å². The van der Waals surface area contributed by atoms with Crippen LogP contribution < -0.4 is 0 Å². The molecule has 1 aliphatic heterocycles. The first-order chi connectivity index (χ1) is 13.7. The molecule has 0 aliphatic carbocycles. The van der Waals surface area contributed by atoms with Gasteiger partial charge in [0.05, 0.1) is 12.8 Å². The molecule has 0 spiro atoms. The number of unbranched alkanes of at least 4 members (excludes halogenated alkanes) is 4. The van der Waals surface area contributed by atoms with Crippen molar-refractivity contribution in [2.24, 2.45) is 0 Å². The van der Waals surface area contributed by atoms with Crippen LogP contribution in [-0.4, -0.2) is 48.5 Å². The first kappa shape index (κ1) is 24.4. The fourth-order valence-electron chi connectivity index (χ4n) is 2.59. The number of ether oxygens (including phenoxy) is 5. The van der Waals surface area contributed by atoms with Gasteiger partial charge >= 0.3 is 41.9 Å². The summed E-state index contributed by atoms with van der Waals surface area (Å²) in [6, 6.07) is 0. The summed E-state index contributed by atoms with van der Waals surface area (Å²) in [5.74, 6) is -6.75. The van der Waals surface area contributed by atoms with Crippen LogP contribution >= 0.6 is 0 Å². The molecule has 2 atom stereocenters. The fraction of sp³-hybridized carbons (Fsp3) is 0.737. The van der Waals surface area contributed by atoms with Gasteiger partial charge in [-0.15, -0.1) is 0 Å². The SMILES string of the molecule is CCCCCCCC(=O)OC1(OC(C)=O)COC(=O)CCC(=O)OC1OC(C)=O. The van der Waals surface area contributed by atoms with Crippen molar-refractivity contribution >= 4 is 29.8 Å². The van der Waals surface area contributed by atoms with Gasteiger partial charge in [0.15, 0.2) is 6.61 Å². The lowest BCUT2D eigenvalue weighted by Crippen LogP contribution is -2.56. The van der Waals surface area contributed by atoms with Crippen LogP contribution in [0.1, 0.15) is 72.1 Å². The summed E-state index contributed by atoms with van der Waals surface area (Å²) >= 11 is 0. The van der Waals surface area contributed by atoms with Crippen molar-refractivity contribution in [3.63, 3.8) is 0 Å². The molecule has 10 nitrogen and oxygen atoms in total. The quantitative estimate of drug-likeness (QED) is 0.238. The molecule has 0 bridgehead atoms. The second-order valence-corrected chi connectivity index (χ2v) is 6.64. The van der Waals surface area contributed by atoms with E-state index in [0.29, 0.717) is 6.42 Å². The van der Waals surface area contributed by atoms with E-state index in [2.05, 4.69) is 6.92 Å². The summed E-state index contributed by atoms with van der Waals surface area (Å²) in [7, 11) is 0. The lowest BCUT2D eigenvalue weighted by molar-refractivity contribution is -0.320. The maximum absolute atomic E-state index is 12.4. The Labute approximate surface area is 169 Å². The number of carbonyl (C=O) groups is 5. The van der Waals surface area contributed by atoms with E-state index in [9.17, 15) is 24.0 Å². The van der Waals surface area contributed by atoms with Crippen molar-refractivity contribution in [1.82, 2.24) is 0 Å². The smallest absolute Gasteiger partial charge is 0.366 e. The lowest BCUT2D eigenvalue weighted by Gasteiger charge is -2.35. The van der Waals surface area contributed by atoms with Gasteiger partial charge in [-0.3, -0.25) is 24.0 Å². The van der Waals surface area contributed by atoms with Crippen molar-refractivity contribution in [3.05, 3.63) is 0 Å². The van der Waals surface area contributed by atoms with Crippen molar-refractivity contribution in [3.8, 4) is 0 Å². The summed E-state index contributed by atoms with van der Waals surface area (Å²) in [5, 5.41) is 0. The van der Waals surface area contributed by atoms with E-state index in [1.54, 1.807) is 0 Å². The molecule has 0 N–H and O–H groups in total. The number of hydrogen-bond acceptors (Lipinski definition) is 10. The van der Waals surface area contributed by atoms with Gasteiger partial charge in [-0.25, -0.2) is 0 Å². The summed E-state index contributed by atoms with van der Waals surface area (Å²) < 4.78 is 25.3. The van der Waals surface area contributed by atoms with Gasteiger partial charge in [-0.05, 0) is 6.42 Å². The number of hydrogen-bond donors (Lipinski definition) is 0. The second-order valence-electron chi connectivity index (χ2n) is 6.64. The Balaban J connectivity index is 3.07. The summed E-state index contributed by atoms with van der Waals surface area (Å²) in [6.07, 6.45) is 1.75. The minimum absolute atomic E-state index is 0.0125. The third-order valence-electron chi connectivity index (χ3n) is 3.93. The second kappa shape index (κ2) is 12.0. The highest BCUT2D eigenvalue weighted by Crippen LogP contribution is 2.27. The number of cyclic esters (lactones) is 2. The standard InChI is InChI=1S/C19H28O10/c1-4-5-6-7-8-9-17(24)29-19(28-14(3)21)12-25-15(22)10-11-16(23)27-18(19)26-13(2)20/h18H,4-12H2,1-3H3. The maximum atomic E-state index is 12.4. The van der Waals surface area contributed by atoms with Crippen molar-refractivity contribution in [2.75, 3.05) is 6.61 Å². The van der Waals surface area contributed by atoms with E-state index in [-0.39, 0.29) is 19.3 Å². The Bertz CT molecular complexity index is 614. The van der Waals surface area contributed by atoms with Gasteiger partial charge in [0.1, 0.15) is 0 Å². The molecule has 1 rings (SSSR count). The van der Waals surface area contributed by atoms with Crippen LogP contribution in [0.4, 0.5) is 0 Å². The molecular formula is C19H28O10. The molecule has 164 valence electrons. The molecule has 1 fully saturated rings. The minimum atomic E-state index is -2.44. The molecular weight excluding hydrogens is 388 g/mol. The monoisotopic (exact) mass is 416 g/mol. The zero-order valence-electron chi connectivity index (χ0n) is 17.0. The first-order valence-corrected chi connectivity index (χ1v) is 9.62. The van der Waals surface area contributed by atoms with E-state index in [0.717, 1.165) is 39.5 Å². The summed E-state index contributed by atoms with van der Waals surface area (Å²) in [5.41, 5.74) is 0. The van der Waals surface area contributed by atoms with Crippen molar-refractivity contribution < 1.29 is 47.7 Å². The third kappa shape index (κ3) is 8.93. The Morgan fingerprint density at radius 3 is 2.24 bits per heavy atom. The zero-order chi connectivity index (χ0) is 21.9. The molecule has 0 aromatic heterocycles. The van der Waals surface area contributed by atoms with Crippen LogP contribution in [0.25, 0.3) is 0 Å².